The van der Waals surface area contributed by atoms with Crippen LogP contribution in [0.1, 0.15) is 25.7 Å². The van der Waals surface area contributed by atoms with Gasteiger partial charge in [-0.15, -0.1) is 0 Å². The second kappa shape index (κ2) is 4.07. The molecule has 2 heteroatoms. The highest BCUT2D eigenvalue weighted by Gasteiger charge is 2.13. The van der Waals surface area contributed by atoms with Crippen LogP contribution >= 0.6 is 0 Å². The summed E-state index contributed by atoms with van der Waals surface area (Å²) < 4.78 is 5.88. The Balaban J connectivity index is 2.24. The zero-order valence-corrected chi connectivity index (χ0v) is 11.6. The number of hydrogen-bond donors (Lipinski definition) is 0. The van der Waals surface area contributed by atoms with E-state index in [1.807, 2.05) is 6.07 Å². The monoisotopic (exact) mass is 261 g/mol. The molecule has 98 valence electrons. The van der Waals surface area contributed by atoms with E-state index < -0.39 is 0 Å². The SMILES string of the molecule is CC(C)c1nc2c(ccc3ccc4ccccc4c32)o1. The number of oxazole rings is 1. The number of rotatable bonds is 1. The molecule has 0 spiro atoms. The summed E-state index contributed by atoms with van der Waals surface area (Å²) in [6.45, 7) is 4.20. The molecule has 4 aromatic rings. The van der Waals surface area contributed by atoms with Gasteiger partial charge in [0.1, 0.15) is 5.52 Å². The lowest BCUT2D eigenvalue weighted by atomic mass is 10.0. The van der Waals surface area contributed by atoms with Crippen molar-refractivity contribution in [2.24, 2.45) is 0 Å². The maximum Gasteiger partial charge on any atom is 0.198 e. The first kappa shape index (κ1) is 11.5. The van der Waals surface area contributed by atoms with Crippen molar-refractivity contribution in [1.82, 2.24) is 4.98 Å². The quantitative estimate of drug-likeness (QED) is 0.437. The molecule has 0 fully saturated rings. The number of fused-ring (bicyclic) bond motifs is 5. The highest BCUT2D eigenvalue weighted by molar-refractivity contribution is 6.18. The highest BCUT2D eigenvalue weighted by Crippen LogP contribution is 2.33. The molecule has 0 amide bonds. The van der Waals surface area contributed by atoms with Crippen LogP contribution in [0.15, 0.2) is 52.9 Å². The average molecular weight is 261 g/mol. The van der Waals surface area contributed by atoms with Crippen LogP contribution in [0.5, 0.6) is 0 Å². The van der Waals surface area contributed by atoms with Gasteiger partial charge in [0.15, 0.2) is 11.5 Å². The van der Waals surface area contributed by atoms with E-state index in [0.717, 1.165) is 17.0 Å². The molecule has 20 heavy (non-hydrogen) atoms. The van der Waals surface area contributed by atoms with Crippen LogP contribution in [0.3, 0.4) is 0 Å². The Kier molecular flexibility index (Phi) is 2.34. The Bertz CT molecular complexity index is 934. The summed E-state index contributed by atoms with van der Waals surface area (Å²) in [5.41, 5.74) is 1.85. The van der Waals surface area contributed by atoms with Crippen LogP contribution in [0.2, 0.25) is 0 Å². The number of benzene rings is 3. The molecular weight excluding hydrogens is 246 g/mol. The van der Waals surface area contributed by atoms with Gasteiger partial charge in [-0.25, -0.2) is 4.98 Å². The van der Waals surface area contributed by atoms with Gasteiger partial charge in [0.05, 0.1) is 0 Å². The number of nitrogens with zero attached hydrogens (tertiary/aromatic N) is 1. The van der Waals surface area contributed by atoms with E-state index in [1.165, 1.54) is 21.5 Å². The Morgan fingerprint density at radius 3 is 2.50 bits per heavy atom. The van der Waals surface area contributed by atoms with Gasteiger partial charge >= 0.3 is 0 Å². The van der Waals surface area contributed by atoms with Crippen molar-refractivity contribution >= 4 is 32.6 Å². The molecule has 0 atom stereocenters. The molecule has 1 aromatic heterocycles. The molecule has 0 unspecified atom stereocenters. The molecule has 3 aromatic carbocycles. The molecule has 0 radical (unpaired) electrons. The van der Waals surface area contributed by atoms with Gasteiger partial charge in [-0.05, 0) is 22.2 Å². The van der Waals surface area contributed by atoms with Gasteiger partial charge < -0.3 is 4.42 Å². The molecule has 0 aliphatic heterocycles. The second-order valence-electron chi connectivity index (χ2n) is 5.50. The third kappa shape index (κ3) is 1.54. The van der Waals surface area contributed by atoms with Gasteiger partial charge in [-0.2, -0.15) is 0 Å². The molecule has 4 rings (SSSR count). The summed E-state index contributed by atoms with van der Waals surface area (Å²) in [6, 6.07) is 16.9. The lowest BCUT2D eigenvalue weighted by Gasteiger charge is -2.03. The van der Waals surface area contributed by atoms with Gasteiger partial charge in [0, 0.05) is 11.3 Å². The largest absolute Gasteiger partial charge is 0.440 e. The van der Waals surface area contributed by atoms with Crippen LogP contribution in [-0.4, -0.2) is 4.98 Å². The van der Waals surface area contributed by atoms with Crippen molar-refractivity contribution in [3.05, 3.63) is 54.4 Å². The normalized spacial score (nSPS) is 11.9. The van der Waals surface area contributed by atoms with Gasteiger partial charge in [0.2, 0.25) is 0 Å². The van der Waals surface area contributed by atoms with E-state index in [1.54, 1.807) is 0 Å². The summed E-state index contributed by atoms with van der Waals surface area (Å²) in [5.74, 6) is 1.10. The molecule has 1 heterocycles. The predicted octanol–water partition coefficient (Wildman–Crippen LogP) is 5.26. The minimum absolute atomic E-state index is 0.299. The number of hydrogen-bond acceptors (Lipinski definition) is 2. The molecule has 0 aliphatic rings. The highest BCUT2D eigenvalue weighted by atomic mass is 16.3. The van der Waals surface area contributed by atoms with Crippen LogP contribution in [0.25, 0.3) is 32.6 Å². The fourth-order valence-corrected chi connectivity index (χ4v) is 2.75. The van der Waals surface area contributed by atoms with Crippen molar-refractivity contribution in [3.63, 3.8) is 0 Å². The first-order chi connectivity index (χ1) is 9.74. The summed E-state index contributed by atoms with van der Waals surface area (Å²) in [7, 11) is 0. The van der Waals surface area contributed by atoms with Gasteiger partial charge in [0.25, 0.3) is 0 Å². The minimum Gasteiger partial charge on any atom is -0.440 e. The van der Waals surface area contributed by atoms with E-state index >= 15 is 0 Å². The number of aromatic nitrogens is 1. The van der Waals surface area contributed by atoms with Crippen LogP contribution in [-0.2, 0) is 0 Å². The fraction of sp³-hybridized carbons (Fsp3) is 0.167. The lowest BCUT2D eigenvalue weighted by molar-refractivity contribution is 0.501. The molecule has 2 nitrogen and oxygen atoms in total. The topological polar surface area (TPSA) is 26.0 Å². The van der Waals surface area contributed by atoms with Crippen molar-refractivity contribution in [1.29, 1.82) is 0 Å². The van der Waals surface area contributed by atoms with Gasteiger partial charge in [-0.1, -0.05) is 56.3 Å². The zero-order chi connectivity index (χ0) is 13.7. The fourth-order valence-electron chi connectivity index (χ4n) is 2.75. The molecule has 0 saturated heterocycles. The van der Waals surface area contributed by atoms with Crippen molar-refractivity contribution in [2.45, 2.75) is 19.8 Å². The zero-order valence-electron chi connectivity index (χ0n) is 11.6. The van der Waals surface area contributed by atoms with Crippen LogP contribution in [0, 0.1) is 0 Å². The summed E-state index contributed by atoms with van der Waals surface area (Å²) in [6.07, 6.45) is 0. The second-order valence-corrected chi connectivity index (χ2v) is 5.50. The summed E-state index contributed by atoms with van der Waals surface area (Å²) in [4.78, 5) is 4.72. The third-order valence-corrected chi connectivity index (χ3v) is 3.78. The Morgan fingerprint density at radius 2 is 1.65 bits per heavy atom. The van der Waals surface area contributed by atoms with Crippen molar-refractivity contribution in [2.75, 3.05) is 0 Å². The molecule has 0 bridgehead atoms. The third-order valence-electron chi connectivity index (χ3n) is 3.78. The first-order valence-corrected chi connectivity index (χ1v) is 6.95. The maximum atomic E-state index is 5.88. The van der Waals surface area contributed by atoms with E-state index in [2.05, 4.69) is 56.3 Å². The predicted molar refractivity (Wildman–Crippen MR) is 83.1 cm³/mol. The Morgan fingerprint density at radius 1 is 0.900 bits per heavy atom. The molecular formula is C18H15NO. The maximum absolute atomic E-state index is 5.88. The Labute approximate surface area is 117 Å². The van der Waals surface area contributed by atoms with E-state index in [4.69, 9.17) is 9.40 Å². The van der Waals surface area contributed by atoms with E-state index in [9.17, 15) is 0 Å². The van der Waals surface area contributed by atoms with Crippen LogP contribution in [0.4, 0.5) is 0 Å². The molecule has 0 saturated carbocycles. The summed E-state index contributed by atoms with van der Waals surface area (Å²) >= 11 is 0. The Hall–Kier alpha value is -2.35. The standard InChI is InChI=1S/C18H15NO/c1-11(2)18-19-17-15(20-18)10-9-13-8-7-12-5-3-4-6-14(12)16(13)17/h3-11H,1-2H3. The van der Waals surface area contributed by atoms with E-state index in [-0.39, 0.29) is 0 Å². The van der Waals surface area contributed by atoms with Crippen molar-refractivity contribution in [3.8, 4) is 0 Å². The lowest BCUT2D eigenvalue weighted by Crippen LogP contribution is -1.85. The minimum atomic E-state index is 0.299. The molecule has 0 N–H and O–H groups in total. The average Bonchev–Trinajstić information content (AvgIpc) is 2.91. The van der Waals surface area contributed by atoms with Crippen LogP contribution < -0.4 is 0 Å². The van der Waals surface area contributed by atoms with Gasteiger partial charge in [-0.3, -0.25) is 0 Å². The van der Waals surface area contributed by atoms with E-state index in [0.29, 0.717) is 5.92 Å². The summed E-state index contributed by atoms with van der Waals surface area (Å²) in [5, 5.41) is 4.87. The van der Waals surface area contributed by atoms with Crippen molar-refractivity contribution < 1.29 is 4.42 Å². The first-order valence-electron chi connectivity index (χ1n) is 6.95. The molecule has 0 aliphatic carbocycles. The smallest absolute Gasteiger partial charge is 0.198 e.